The number of nitrogens with zero attached hydrogens (tertiary/aromatic N) is 1. The van der Waals surface area contributed by atoms with E-state index in [1.165, 1.54) is 44.9 Å². The maximum absolute atomic E-state index is 6.22. The molecule has 0 aromatic heterocycles. The zero-order valence-corrected chi connectivity index (χ0v) is 11.7. The molecule has 2 aliphatic carbocycles. The third-order valence-corrected chi connectivity index (χ3v) is 5.74. The van der Waals surface area contributed by atoms with Gasteiger partial charge in [0, 0.05) is 24.7 Å². The average Bonchev–Trinajstić information content (AvgIpc) is 3.05. The van der Waals surface area contributed by atoms with E-state index >= 15 is 0 Å². The summed E-state index contributed by atoms with van der Waals surface area (Å²) >= 11 is 0. The molecular weight excluding hydrogens is 224 g/mol. The fourth-order valence-corrected chi connectivity index (χ4v) is 4.64. The summed E-state index contributed by atoms with van der Waals surface area (Å²) < 4.78 is 5.95. The molecule has 1 saturated heterocycles. The summed E-state index contributed by atoms with van der Waals surface area (Å²) in [6.45, 7) is 5.19. The van der Waals surface area contributed by atoms with Crippen LogP contribution in [0.15, 0.2) is 0 Å². The van der Waals surface area contributed by atoms with E-state index in [2.05, 4.69) is 11.8 Å². The number of morpholine rings is 1. The van der Waals surface area contributed by atoms with Crippen molar-refractivity contribution >= 4 is 0 Å². The quantitative estimate of drug-likeness (QED) is 0.836. The number of fused-ring (bicyclic) bond motifs is 1. The van der Waals surface area contributed by atoms with E-state index in [-0.39, 0.29) is 0 Å². The van der Waals surface area contributed by atoms with Crippen molar-refractivity contribution in [3.05, 3.63) is 0 Å². The Labute approximate surface area is 111 Å². The lowest BCUT2D eigenvalue weighted by Crippen LogP contribution is -2.61. The first-order valence-corrected chi connectivity index (χ1v) is 7.87. The Morgan fingerprint density at radius 1 is 1.33 bits per heavy atom. The number of ether oxygens (including phenoxy) is 1. The highest BCUT2D eigenvalue weighted by Gasteiger charge is 2.48. The largest absolute Gasteiger partial charge is 0.375 e. The fourth-order valence-electron chi connectivity index (χ4n) is 4.64. The highest BCUT2D eigenvalue weighted by atomic mass is 16.5. The molecule has 3 heteroatoms. The van der Waals surface area contributed by atoms with E-state index in [9.17, 15) is 0 Å². The summed E-state index contributed by atoms with van der Waals surface area (Å²) in [5.74, 6) is 0.899. The molecule has 2 saturated carbocycles. The Bertz CT molecular complexity index is 296. The molecule has 3 rings (SSSR count). The van der Waals surface area contributed by atoms with Crippen molar-refractivity contribution in [1.82, 2.24) is 4.90 Å². The topological polar surface area (TPSA) is 38.5 Å². The van der Waals surface area contributed by atoms with Crippen LogP contribution in [0.3, 0.4) is 0 Å². The first-order chi connectivity index (χ1) is 8.79. The standard InChI is InChI=1S/C15H28N2O/c1-2-12-6-7-15(10-12,11-16)17-8-9-18-14-5-3-4-13(14)17/h12-14H,2-11,16H2,1H3. The van der Waals surface area contributed by atoms with Crippen LogP contribution in [0.25, 0.3) is 0 Å². The molecule has 0 bridgehead atoms. The van der Waals surface area contributed by atoms with Gasteiger partial charge in [0.15, 0.2) is 0 Å². The van der Waals surface area contributed by atoms with Gasteiger partial charge in [-0.3, -0.25) is 4.90 Å². The summed E-state index contributed by atoms with van der Waals surface area (Å²) in [5, 5.41) is 0. The second-order valence-electron chi connectivity index (χ2n) is 6.55. The predicted molar refractivity (Wildman–Crippen MR) is 73.5 cm³/mol. The Hall–Kier alpha value is -0.120. The highest BCUT2D eigenvalue weighted by Crippen LogP contribution is 2.44. The van der Waals surface area contributed by atoms with Gasteiger partial charge in [-0.15, -0.1) is 0 Å². The molecule has 2 N–H and O–H groups in total. The monoisotopic (exact) mass is 252 g/mol. The van der Waals surface area contributed by atoms with Crippen LogP contribution in [0, 0.1) is 5.92 Å². The summed E-state index contributed by atoms with van der Waals surface area (Å²) in [6.07, 6.45) is 9.76. The Balaban J connectivity index is 1.78. The normalized spacial score (nSPS) is 45.3. The first kappa shape index (κ1) is 12.9. The molecule has 4 unspecified atom stereocenters. The van der Waals surface area contributed by atoms with Gasteiger partial charge in [0.2, 0.25) is 0 Å². The van der Waals surface area contributed by atoms with E-state index in [1.54, 1.807) is 0 Å². The third kappa shape index (κ3) is 2.00. The second kappa shape index (κ2) is 5.10. The summed E-state index contributed by atoms with van der Waals surface area (Å²) in [7, 11) is 0. The third-order valence-electron chi connectivity index (χ3n) is 5.74. The van der Waals surface area contributed by atoms with Gasteiger partial charge in [0.1, 0.15) is 0 Å². The van der Waals surface area contributed by atoms with Gasteiger partial charge in [-0.25, -0.2) is 0 Å². The molecule has 0 aromatic carbocycles. The Kier molecular flexibility index (Phi) is 3.65. The second-order valence-corrected chi connectivity index (χ2v) is 6.55. The average molecular weight is 252 g/mol. The molecule has 0 radical (unpaired) electrons. The molecule has 0 spiro atoms. The lowest BCUT2D eigenvalue weighted by molar-refractivity contribution is -0.0969. The van der Waals surface area contributed by atoms with E-state index in [0.29, 0.717) is 17.7 Å². The molecule has 1 heterocycles. The molecule has 18 heavy (non-hydrogen) atoms. The van der Waals surface area contributed by atoms with Crippen LogP contribution < -0.4 is 5.73 Å². The minimum atomic E-state index is 0.303. The molecule has 3 nitrogen and oxygen atoms in total. The van der Waals surface area contributed by atoms with E-state index < -0.39 is 0 Å². The number of hydrogen-bond donors (Lipinski definition) is 1. The highest BCUT2D eigenvalue weighted by molar-refractivity contribution is 5.04. The van der Waals surface area contributed by atoms with Crippen molar-refractivity contribution in [1.29, 1.82) is 0 Å². The van der Waals surface area contributed by atoms with Gasteiger partial charge < -0.3 is 10.5 Å². The number of nitrogens with two attached hydrogens (primary N) is 1. The zero-order chi connectivity index (χ0) is 12.6. The van der Waals surface area contributed by atoms with Crippen LogP contribution in [-0.4, -0.2) is 42.3 Å². The van der Waals surface area contributed by atoms with Crippen LogP contribution in [-0.2, 0) is 4.74 Å². The molecule has 3 fully saturated rings. The van der Waals surface area contributed by atoms with Crippen molar-refractivity contribution in [2.75, 3.05) is 19.7 Å². The van der Waals surface area contributed by atoms with Gasteiger partial charge in [-0.05, 0) is 44.4 Å². The molecule has 0 aromatic rings. The summed E-state index contributed by atoms with van der Waals surface area (Å²) in [6, 6.07) is 0.665. The minimum Gasteiger partial charge on any atom is -0.375 e. The molecule has 3 aliphatic rings. The van der Waals surface area contributed by atoms with Crippen molar-refractivity contribution < 1.29 is 4.74 Å². The minimum absolute atomic E-state index is 0.303. The lowest BCUT2D eigenvalue weighted by atomic mass is 9.89. The zero-order valence-electron chi connectivity index (χ0n) is 11.7. The Morgan fingerprint density at radius 2 is 2.22 bits per heavy atom. The molecular formula is C15H28N2O. The van der Waals surface area contributed by atoms with Crippen molar-refractivity contribution in [2.24, 2.45) is 11.7 Å². The fraction of sp³-hybridized carbons (Fsp3) is 1.00. The van der Waals surface area contributed by atoms with Crippen LogP contribution in [0.4, 0.5) is 0 Å². The van der Waals surface area contributed by atoms with Crippen molar-refractivity contribution in [2.45, 2.75) is 69.6 Å². The van der Waals surface area contributed by atoms with Gasteiger partial charge in [-0.1, -0.05) is 13.3 Å². The molecule has 1 aliphatic heterocycles. The van der Waals surface area contributed by atoms with Gasteiger partial charge in [0.25, 0.3) is 0 Å². The van der Waals surface area contributed by atoms with Gasteiger partial charge >= 0.3 is 0 Å². The van der Waals surface area contributed by atoms with Gasteiger partial charge in [-0.2, -0.15) is 0 Å². The maximum atomic E-state index is 6.22. The van der Waals surface area contributed by atoms with Crippen LogP contribution in [0.1, 0.15) is 51.9 Å². The van der Waals surface area contributed by atoms with Crippen molar-refractivity contribution in [3.8, 4) is 0 Å². The van der Waals surface area contributed by atoms with Crippen LogP contribution in [0.5, 0.6) is 0 Å². The predicted octanol–water partition coefficient (Wildman–Crippen LogP) is 2.15. The summed E-state index contributed by atoms with van der Waals surface area (Å²) in [5.41, 5.74) is 6.52. The molecule has 104 valence electrons. The Morgan fingerprint density at radius 3 is 2.94 bits per heavy atom. The van der Waals surface area contributed by atoms with E-state index in [0.717, 1.165) is 25.6 Å². The van der Waals surface area contributed by atoms with Crippen LogP contribution in [0.2, 0.25) is 0 Å². The number of hydrogen-bond acceptors (Lipinski definition) is 3. The van der Waals surface area contributed by atoms with Crippen molar-refractivity contribution in [3.63, 3.8) is 0 Å². The van der Waals surface area contributed by atoms with E-state index in [4.69, 9.17) is 10.5 Å². The van der Waals surface area contributed by atoms with Crippen LogP contribution >= 0.6 is 0 Å². The maximum Gasteiger partial charge on any atom is 0.0731 e. The van der Waals surface area contributed by atoms with Gasteiger partial charge in [0.05, 0.1) is 12.7 Å². The smallest absolute Gasteiger partial charge is 0.0731 e. The summed E-state index contributed by atoms with van der Waals surface area (Å²) in [4.78, 5) is 2.77. The number of rotatable bonds is 3. The lowest BCUT2D eigenvalue weighted by Gasteiger charge is -2.49. The SMILES string of the molecule is CCC1CCC(CN)(N2CCOC3CCCC32)C1. The molecule has 0 amide bonds. The molecule has 4 atom stereocenters. The first-order valence-electron chi connectivity index (χ1n) is 7.87. The van der Waals surface area contributed by atoms with E-state index in [1.807, 2.05) is 0 Å².